The van der Waals surface area contributed by atoms with E-state index in [1.807, 2.05) is 31.2 Å². The Morgan fingerprint density at radius 1 is 1.45 bits per heavy atom. The van der Waals surface area contributed by atoms with Gasteiger partial charge in [-0.3, -0.25) is 9.59 Å². The molecule has 1 aliphatic heterocycles. The van der Waals surface area contributed by atoms with Gasteiger partial charge in [-0.25, -0.2) is 0 Å². The molecule has 7 nitrogen and oxygen atoms in total. The number of carbonyl (C=O) groups is 2. The minimum atomic E-state index is -1.02. The van der Waals surface area contributed by atoms with E-state index in [2.05, 4.69) is 15.5 Å². The van der Waals surface area contributed by atoms with Gasteiger partial charge in [0.1, 0.15) is 11.0 Å². The van der Waals surface area contributed by atoms with Crippen LogP contribution >= 0.6 is 11.8 Å². The van der Waals surface area contributed by atoms with Gasteiger partial charge in [-0.1, -0.05) is 11.8 Å². The lowest BCUT2D eigenvalue weighted by molar-refractivity contribution is -0.138. The summed E-state index contributed by atoms with van der Waals surface area (Å²) in [6.45, 7) is 2.52. The molecule has 1 aliphatic rings. The van der Waals surface area contributed by atoms with Crippen LogP contribution in [-0.2, 0) is 9.59 Å². The zero-order valence-corrected chi connectivity index (χ0v) is 12.7. The summed E-state index contributed by atoms with van der Waals surface area (Å²) >= 11 is 1.07. The van der Waals surface area contributed by atoms with Crippen LogP contribution in [0.4, 0.5) is 0 Å². The van der Waals surface area contributed by atoms with E-state index in [4.69, 9.17) is 9.84 Å². The Morgan fingerprint density at radius 2 is 2.18 bits per heavy atom. The summed E-state index contributed by atoms with van der Waals surface area (Å²) in [6, 6.07) is 7.32. The number of thioether (sulfide) groups is 1. The second kappa shape index (κ2) is 7.60. The third-order valence-corrected chi connectivity index (χ3v) is 3.76. The molecule has 1 heterocycles. The van der Waals surface area contributed by atoms with Crippen LogP contribution in [0, 0.1) is 0 Å². The molecule has 2 N–H and O–H groups in total. The lowest BCUT2D eigenvalue weighted by Gasteiger charge is -2.01. The predicted octanol–water partition coefficient (Wildman–Crippen LogP) is 1.48. The fourth-order valence-corrected chi connectivity index (χ4v) is 2.63. The monoisotopic (exact) mass is 321 g/mol. The Kier molecular flexibility index (Phi) is 5.54. The highest BCUT2D eigenvalue weighted by atomic mass is 32.2. The first-order chi connectivity index (χ1) is 10.6. The summed E-state index contributed by atoms with van der Waals surface area (Å²) in [5, 5.41) is 18.6. The number of carboxylic acid groups (broad SMARTS) is 1. The van der Waals surface area contributed by atoms with Crippen molar-refractivity contribution in [1.82, 2.24) is 5.32 Å². The van der Waals surface area contributed by atoms with Gasteiger partial charge in [-0.15, -0.1) is 5.10 Å². The molecule has 1 amide bonds. The van der Waals surface area contributed by atoms with E-state index < -0.39 is 11.2 Å². The lowest BCUT2D eigenvalue weighted by Crippen LogP contribution is -2.26. The fraction of sp³-hybridized carbons (Fsp3) is 0.286. The average molecular weight is 321 g/mol. The predicted molar refractivity (Wildman–Crippen MR) is 84.4 cm³/mol. The number of nitrogens with one attached hydrogen (secondary N) is 1. The van der Waals surface area contributed by atoms with Gasteiger partial charge in [0.15, 0.2) is 5.17 Å². The minimum absolute atomic E-state index is 0.238. The molecular formula is C14H15N3O4S. The second-order valence-corrected chi connectivity index (χ2v) is 5.54. The first kappa shape index (κ1) is 16.0. The normalized spacial score (nSPS) is 19.6. The number of nitrogens with zero attached hydrogens (tertiary/aromatic N) is 2. The molecule has 1 saturated heterocycles. The van der Waals surface area contributed by atoms with Crippen molar-refractivity contribution in [3.8, 4) is 5.75 Å². The molecule has 22 heavy (non-hydrogen) atoms. The fourth-order valence-electron chi connectivity index (χ4n) is 1.71. The quantitative estimate of drug-likeness (QED) is 0.610. The molecule has 0 spiro atoms. The highest BCUT2D eigenvalue weighted by Gasteiger charge is 2.32. The smallest absolute Gasteiger partial charge is 0.305 e. The Balaban J connectivity index is 1.94. The van der Waals surface area contributed by atoms with E-state index >= 15 is 0 Å². The molecule has 1 unspecified atom stereocenters. The molecule has 0 saturated carbocycles. The lowest BCUT2D eigenvalue weighted by atomic mass is 10.2. The zero-order valence-electron chi connectivity index (χ0n) is 11.9. The van der Waals surface area contributed by atoms with Gasteiger partial charge >= 0.3 is 5.97 Å². The molecule has 8 heteroatoms. The Bertz CT molecular complexity index is 613. The molecule has 2 rings (SSSR count). The van der Waals surface area contributed by atoms with Crippen molar-refractivity contribution in [3.05, 3.63) is 29.8 Å². The molecule has 1 atom stereocenters. The Hall–Kier alpha value is -2.35. The number of carbonyl (C=O) groups excluding carboxylic acids is 1. The third-order valence-electron chi connectivity index (χ3n) is 2.68. The second-order valence-electron chi connectivity index (χ2n) is 4.35. The first-order valence-electron chi connectivity index (χ1n) is 6.61. The molecule has 116 valence electrons. The first-order valence-corrected chi connectivity index (χ1v) is 7.49. The van der Waals surface area contributed by atoms with Crippen molar-refractivity contribution in [2.75, 3.05) is 6.61 Å². The maximum absolute atomic E-state index is 11.5. The Labute approximate surface area is 131 Å². The van der Waals surface area contributed by atoms with Gasteiger partial charge in [0.2, 0.25) is 5.91 Å². The maximum Gasteiger partial charge on any atom is 0.305 e. The van der Waals surface area contributed by atoms with Gasteiger partial charge in [-0.05, 0) is 36.8 Å². The number of hydrogen-bond acceptors (Lipinski definition) is 6. The molecule has 1 fully saturated rings. The number of benzene rings is 1. The Morgan fingerprint density at radius 3 is 2.82 bits per heavy atom. The van der Waals surface area contributed by atoms with E-state index in [1.165, 1.54) is 0 Å². The summed E-state index contributed by atoms with van der Waals surface area (Å²) in [6.07, 6.45) is 1.30. The molecule has 1 aromatic carbocycles. The standard InChI is InChI=1S/C14H15N3O4S/c1-2-21-10-5-3-9(4-6-10)8-15-17-14-16-13(20)11(22-14)7-12(18)19/h3-6,8,11H,2,7H2,1H3,(H,18,19)(H,16,17,20). The van der Waals surface area contributed by atoms with Crippen LogP contribution in [0.2, 0.25) is 0 Å². The van der Waals surface area contributed by atoms with E-state index in [-0.39, 0.29) is 12.3 Å². The third kappa shape index (κ3) is 4.59. The van der Waals surface area contributed by atoms with Crippen LogP contribution in [-0.4, -0.2) is 40.2 Å². The van der Waals surface area contributed by atoms with Crippen LogP contribution in [0.3, 0.4) is 0 Å². The van der Waals surface area contributed by atoms with E-state index in [1.54, 1.807) is 6.21 Å². The molecular weight excluding hydrogens is 306 g/mol. The number of ether oxygens (including phenoxy) is 1. The van der Waals surface area contributed by atoms with Gasteiger partial charge in [0.25, 0.3) is 0 Å². The summed E-state index contributed by atoms with van der Waals surface area (Å²) in [7, 11) is 0. The van der Waals surface area contributed by atoms with E-state index in [9.17, 15) is 9.59 Å². The van der Waals surface area contributed by atoms with Crippen LogP contribution < -0.4 is 10.1 Å². The number of rotatable bonds is 6. The molecule has 0 aliphatic carbocycles. The van der Waals surface area contributed by atoms with Gasteiger partial charge < -0.3 is 15.2 Å². The van der Waals surface area contributed by atoms with E-state index in [0.29, 0.717) is 11.8 Å². The van der Waals surface area contributed by atoms with Crippen molar-refractivity contribution >= 4 is 35.0 Å². The van der Waals surface area contributed by atoms with Crippen LogP contribution in [0.1, 0.15) is 18.9 Å². The number of carboxylic acids is 1. The van der Waals surface area contributed by atoms with Gasteiger partial charge in [0, 0.05) is 0 Å². The van der Waals surface area contributed by atoms with Gasteiger partial charge in [-0.2, -0.15) is 5.10 Å². The van der Waals surface area contributed by atoms with Crippen LogP contribution in [0.25, 0.3) is 0 Å². The minimum Gasteiger partial charge on any atom is -0.494 e. The average Bonchev–Trinajstić information content (AvgIpc) is 2.81. The summed E-state index contributed by atoms with van der Waals surface area (Å²) < 4.78 is 5.33. The summed E-state index contributed by atoms with van der Waals surface area (Å²) in [4.78, 5) is 22.1. The molecule has 0 bridgehead atoms. The number of aliphatic carboxylic acids is 1. The number of hydrogen-bond donors (Lipinski definition) is 2. The van der Waals surface area contributed by atoms with Crippen molar-refractivity contribution < 1.29 is 19.4 Å². The van der Waals surface area contributed by atoms with Crippen LogP contribution in [0.15, 0.2) is 34.5 Å². The topological polar surface area (TPSA) is 100 Å². The van der Waals surface area contributed by atoms with Gasteiger partial charge in [0.05, 0.1) is 19.2 Å². The molecule has 0 aromatic heterocycles. The molecule has 1 aromatic rings. The summed E-state index contributed by atoms with van der Waals surface area (Å²) in [5.74, 6) is -0.602. The zero-order chi connectivity index (χ0) is 15.9. The number of amides is 1. The van der Waals surface area contributed by atoms with Crippen molar-refractivity contribution in [2.24, 2.45) is 10.2 Å². The largest absolute Gasteiger partial charge is 0.494 e. The van der Waals surface area contributed by atoms with Crippen molar-refractivity contribution in [1.29, 1.82) is 0 Å². The van der Waals surface area contributed by atoms with Crippen molar-refractivity contribution in [2.45, 2.75) is 18.6 Å². The van der Waals surface area contributed by atoms with Crippen molar-refractivity contribution in [3.63, 3.8) is 0 Å². The summed E-state index contributed by atoms with van der Waals surface area (Å²) in [5.41, 5.74) is 0.837. The molecule has 0 radical (unpaired) electrons. The van der Waals surface area contributed by atoms with E-state index in [0.717, 1.165) is 23.1 Å². The van der Waals surface area contributed by atoms with Crippen LogP contribution in [0.5, 0.6) is 5.75 Å². The maximum atomic E-state index is 11.5. The highest BCUT2D eigenvalue weighted by molar-refractivity contribution is 8.15. The SMILES string of the molecule is CCOc1ccc(C=NN=C2NC(=O)C(CC(=O)O)S2)cc1. The number of amidine groups is 1. The highest BCUT2D eigenvalue weighted by Crippen LogP contribution is 2.22.